The van der Waals surface area contributed by atoms with Crippen molar-refractivity contribution in [2.24, 2.45) is 0 Å². The first-order valence-electron chi connectivity index (χ1n) is 15.4. The molecule has 3 heterocycles. The summed E-state index contributed by atoms with van der Waals surface area (Å²) in [7, 11) is 0. The number of fused-ring (bicyclic) bond motifs is 10. The van der Waals surface area contributed by atoms with Crippen molar-refractivity contribution in [2.45, 2.75) is 0 Å². The van der Waals surface area contributed by atoms with E-state index in [1.165, 1.54) is 32.3 Å². The average Bonchev–Trinajstić information content (AvgIpc) is 3.67. The van der Waals surface area contributed by atoms with Gasteiger partial charge in [0, 0.05) is 32.7 Å². The molecule has 0 spiro atoms. The van der Waals surface area contributed by atoms with E-state index in [1.807, 2.05) is 54.6 Å². The van der Waals surface area contributed by atoms with Crippen molar-refractivity contribution >= 4 is 65.3 Å². The Kier molecular flexibility index (Phi) is 5.22. The van der Waals surface area contributed by atoms with Crippen LogP contribution in [0.5, 0.6) is 0 Å². The number of nitrogens with zero attached hydrogens (tertiary/aromatic N) is 4. The molecule has 0 bridgehead atoms. The Morgan fingerprint density at radius 3 is 1.67 bits per heavy atom. The SMILES string of the molecule is c1ccc(-c2nc(-c3ccc4c(c3)oc3ccccc34)nc(-n3c4ccc5ccccc5c4c4c5ccccc5ccc43)n2)cc1. The van der Waals surface area contributed by atoms with Crippen LogP contribution >= 0.6 is 0 Å². The lowest BCUT2D eigenvalue weighted by Gasteiger charge is -2.11. The van der Waals surface area contributed by atoms with E-state index in [0.29, 0.717) is 17.6 Å². The highest BCUT2D eigenvalue weighted by Crippen LogP contribution is 2.40. The monoisotopic (exact) mass is 588 g/mol. The Balaban J connectivity index is 1.31. The van der Waals surface area contributed by atoms with Crippen molar-refractivity contribution in [3.63, 3.8) is 0 Å². The predicted octanol–water partition coefficient (Wildman–Crippen LogP) is 10.5. The number of furan rings is 1. The van der Waals surface area contributed by atoms with Gasteiger partial charge in [-0.2, -0.15) is 9.97 Å². The fraction of sp³-hybridized carbons (Fsp3) is 0. The lowest BCUT2D eigenvalue weighted by molar-refractivity contribution is 0.669. The van der Waals surface area contributed by atoms with Gasteiger partial charge in [0.2, 0.25) is 5.95 Å². The van der Waals surface area contributed by atoms with Crippen LogP contribution in [-0.2, 0) is 0 Å². The van der Waals surface area contributed by atoms with Crippen LogP contribution in [-0.4, -0.2) is 19.5 Å². The summed E-state index contributed by atoms with van der Waals surface area (Å²) in [4.78, 5) is 15.4. The Morgan fingerprint density at radius 1 is 0.413 bits per heavy atom. The maximum absolute atomic E-state index is 6.25. The van der Waals surface area contributed by atoms with E-state index in [4.69, 9.17) is 19.4 Å². The molecule has 10 rings (SSSR count). The number of hydrogen-bond acceptors (Lipinski definition) is 4. The van der Waals surface area contributed by atoms with Gasteiger partial charge in [-0.05, 0) is 51.9 Å². The third-order valence-corrected chi connectivity index (χ3v) is 9.04. The van der Waals surface area contributed by atoms with Crippen LogP contribution in [0.15, 0.2) is 150 Å². The Hall–Kier alpha value is -6.33. The number of aromatic nitrogens is 4. The summed E-state index contributed by atoms with van der Waals surface area (Å²) in [5.74, 6) is 1.77. The van der Waals surface area contributed by atoms with Gasteiger partial charge in [0.25, 0.3) is 0 Å². The highest BCUT2D eigenvalue weighted by Gasteiger charge is 2.21. The summed E-state index contributed by atoms with van der Waals surface area (Å²) in [5, 5.41) is 9.34. The van der Waals surface area contributed by atoms with Gasteiger partial charge < -0.3 is 4.42 Å². The largest absolute Gasteiger partial charge is 0.456 e. The molecular weight excluding hydrogens is 564 g/mol. The molecule has 0 amide bonds. The number of rotatable bonds is 3. The maximum Gasteiger partial charge on any atom is 0.238 e. The molecule has 0 fully saturated rings. The minimum absolute atomic E-state index is 0.569. The molecule has 0 N–H and O–H groups in total. The topological polar surface area (TPSA) is 56.7 Å². The van der Waals surface area contributed by atoms with Crippen LogP contribution < -0.4 is 0 Å². The van der Waals surface area contributed by atoms with Crippen LogP contribution in [0.25, 0.3) is 94.0 Å². The zero-order valence-corrected chi connectivity index (χ0v) is 24.6. The van der Waals surface area contributed by atoms with E-state index < -0.39 is 0 Å². The molecule has 0 aliphatic rings. The van der Waals surface area contributed by atoms with Crippen molar-refractivity contribution in [1.82, 2.24) is 19.5 Å². The standard InChI is InChI=1S/C41H24N4O/c1-2-12-27(13-3-1)39-42-40(28-18-21-32-31-16-8-9-17-35(31)46-36(32)24-28)44-41(43-39)45-33-22-19-25-10-4-6-14-29(25)37(33)38-30-15-7-5-11-26(30)20-23-34(38)45/h1-24H. The molecule has 0 saturated carbocycles. The van der Waals surface area contributed by atoms with Crippen LogP contribution in [0.2, 0.25) is 0 Å². The zero-order chi connectivity index (χ0) is 30.2. The van der Waals surface area contributed by atoms with Gasteiger partial charge in [-0.25, -0.2) is 4.98 Å². The molecular formula is C41H24N4O. The molecule has 3 aromatic heterocycles. The Labute approximate surface area is 263 Å². The van der Waals surface area contributed by atoms with E-state index in [2.05, 4.69) is 95.6 Å². The lowest BCUT2D eigenvalue weighted by atomic mass is 10.00. The van der Waals surface area contributed by atoms with Crippen molar-refractivity contribution in [1.29, 1.82) is 0 Å². The van der Waals surface area contributed by atoms with Gasteiger partial charge >= 0.3 is 0 Å². The summed E-state index contributed by atoms with van der Waals surface area (Å²) in [5.41, 5.74) is 5.55. The third-order valence-electron chi connectivity index (χ3n) is 9.04. The van der Waals surface area contributed by atoms with E-state index in [1.54, 1.807) is 0 Å². The molecule has 0 radical (unpaired) electrons. The first-order chi connectivity index (χ1) is 22.8. The van der Waals surface area contributed by atoms with Gasteiger partial charge in [-0.15, -0.1) is 0 Å². The van der Waals surface area contributed by atoms with Crippen molar-refractivity contribution in [2.75, 3.05) is 0 Å². The molecule has 10 aromatic rings. The second kappa shape index (κ2) is 9.58. The molecule has 0 unspecified atom stereocenters. The second-order valence-corrected chi connectivity index (χ2v) is 11.7. The first-order valence-corrected chi connectivity index (χ1v) is 15.4. The molecule has 5 nitrogen and oxygen atoms in total. The summed E-state index contributed by atoms with van der Waals surface area (Å²) in [6, 6.07) is 50.4. The van der Waals surface area contributed by atoms with Gasteiger partial charge in [0.05, 0.1) is 11.0 Å². The number of para-hydroxylation sites is 1. The lowest BCUT2D eigenvalue weighted by Crippen LogP contribution is -2.06. The van der Waals surface area contributed by atoms with Crippen LogP contribution in [0.4, 0.5) is 0 Å². The van der Waals surface area contributed by atoms with Gasteiger partial charge in [-0.3, -0.25) is 4.57 Å². The summed E-state index contributed by atoms with van der Waals surface area (Å²) >= 11 is 0. The van der Waals surface area contributed by atoms with Crippen molar-refractivity contribution < 1.29 is 4.42 Å². The molecule has 7 aromatic carbocycles. The van der Waals surface area contributed by atoms with Gasteiger partial charge in [-0.1, -0.05) is 115 Å². The molecule has 0 atom stereocenters. The zero-order valence-electron chi connectivity index (χ0n) is 24.6. The second-order valence-electron chi connectivity index (χ2n) is 11.7. The van der Waals surface area contributed by atoms with Crippen molar-refractivity contribution in [3.05, 3.63) is 146 Å². The normalized spacial score (nSPS) is 11.9. The fourth-order valence-corrected chi connectivity index (χ4v) is 6.94. The van der Waals surface area contributed by atoms with Crippen LogP contribution in [0.3, 0.4) is 0 Å². The Bertz CT molecular complexity index is 2720. The smallest absolute Gasteiger partial charge is 0.238 e. The molecule has 5 heteroatoms. The first kappa shape index (κ1) is 25.0. The quantitative estimate of drug-likeness (QED) is 0.206. The van der Waals surface area contributed by atoms with E-state index in [-0.39, 0.29) is 0 Å². The highest BCUT2D eigenvalue weighted by molar-refractivity contribution is 6.28. The summed E-state index contributed by atoms with van der Waals surface area (Å²) in [6.45, 7) is 0. The van der Waals surface area contributed by atoms with E-state index >= 15 is 0 Å². The molecule has 214 valence electrons. The summed E-state index contributed by atoms with van der Waals surface area (Å²) in [6.07, 6.45) is 0. The molecule has 0 aliphatic heterocycles. The Morgan fingerprint density at radius 2 is 0.978 bits per heavy atom. The molecule has 0 saturated heterocycles. The van der Waals surface area contributed by atoms with Crippen LogP contribution in [0, 0.1) is 0 Å². The molecule has 46 heavy (non-hydrogen) atoms. The minimum atomic E-state index is 0.569. The van der Waals surface area contributed by atoms with E-state index in [0.717, 1.165) is 44.1 Å². The minimum Gasteiger partial charge on any atom is -0.456 e. The maximum atomic E-state index is 6.25. The van der Waals surface area contributed by atoms with Gasteiger partial charge in [0.1, 0.15) is 11.2 Å². The average molecular weight is 589 g/mol. The number of hydrogen-bond donors (Lipinski definition) is 0. The van der Waals surface area contributed by atoms with Gasteiger partial charge in [0.15, 0.2) is 11.6 Å². The summed E-state index contributed by atoms with van der Waals surface area (Å²) < 4.78 is 8.45. The van der Waals surface area contributed by atoms with Crippen LogP contribution in [0.1, 0.15) is 0 Å². The predicted molar refractivity (Wildman–Crippen MR) is 187 cm³/mol. The highest BCUT2D eigenvalue weighted by atomic mass is 16.3. The fourth-order valence-electron chi connectivity index (χ4n) is 6.94. The molecule has 0 aliphatic carbocycles. The third kappa shape index (κ3) is 3.66. The number of benzene rings is 7. The van der Waals surface area contributed by atoms with E-state index in [9.17, 15) is 0 Å². The van der Waals surface area contributed by atoms with Crippen molar-refractivity contribution in [3.8, 4) is 28.7 Å².